The fraction of sp³-hybridized carbons (Fsp3) is 0.467. The van der Waals surface area contributed by atoms with Crippen LogP contribution in [0.1, 0.15) is 37.7 Å². The Hall–Kier alpha value is -0.500. The molecule has 2 rings (SSSR count). The van der Waals surface area contributed by atoms with E-state index in [2.05, 4.69) is 6.08 Å². The number of rotatable bonds is 3. The van der Waals surface area contributed by atoms with Crippen molar-refractivity contribution >= 4 is 29.3 Å². The second-order valence-corrected chi connectivity index (χ2v) is 5.77. The van der Waals surface area contributed by atoms with Gasteiger partial charge in [-0.15, -0.1) is 0 Å². The van der Waals surface area contributed by atoms with Crippen LogP contribution in [0.2, 0.25) is 10.0 Å². The highest BCUT2D eigenvalue weighted by Crippen LogP contribution is 2.31. The molecule has 0 saturated heterocycles. The summed E-state index contributed by atoms with van der Waals surface area (Å²) in [6.07, 6.45) is 8.65. The van der Waals surface area contributed by atoms with Crippen LogP contribution in [0.25, 0.3) is 6.08 Å². The first-order valence-corrected chi connectivity index (χ1v) is 7.32. The maximum Gasteiger partial charge on any atom is 0.0493 e. The van der Waals surface area contributed by atoms with Gasteiger partial charge in [0.1, 0.15) is 0 Å². The first-order valence-electron chi connectivity index (χ1n) is 6.56. The van der Waals surface area contributed by atoms with Crippen LogP contribution in [-0.2, 0) is 0 Å². The molecule has 1 saturated carbocycles. The molecule has 0 atom stereocenters. The normalized spacial score (nSPS) is 18.1. The molecule has 1 aliphatic carbocycles. The molecule has 1 aromatic carbocycles. The smallest absolute Gasteiger partial charge is 0.0493 e. The van der Waals surface area contributed by atoms with E-state index in [9.17, 15) is 0 Å². The van der Waals surface area contributed by atoms with Crippen LogP contribution >= 0.6 is 23.2 Å². The molecule has 0 heterocycles. The van der Waals surface area contributed by atoms with Crippen molar-refractivity contribution in [2.75, 3.05) is 6.54 Å². The van der Waals surface area contributed by atoms with Gasteiger partial charge < -0.3 is 5.73 Å². The molecule has 0 unspecified atom stereocenters. The third-order valence-electron chi connectivity index (χ3n) is 3.67. The average molecular weight is 284 g/mol. The molecule has 1 aliphatic rings. The second kappa shape index (κ2) is 6.60. The lowest BCUT2D eigenvalue weighted by molar-refractivity contribution is 0.401. The van der Waals surface area contributed by atoms with Crippen molar-refractivity contribution in [3.8, 4) is 0 Å². The van der Waals surface area contributed by atoms with E-state index in [4.69, 9.17) is 28.9 Å². The first-order chi connectivity index (χ1) is 8.70. The molecule has 18 heavy (non-hydrogen) atoms. The Labute approximate surface area is 119 Å². The maximum absolute atomic E-state index is 6.20. The molecule has 3 heteroatoms. The number of hydrogen-bond donors (Lipinski definition) is 1. The van der Waals surface area contributed by atoms with Crippen molar-refractivity contribution < 1.29 is 0 Å². The van der Waals surface area contributed by atoms with Crippen LogP contribution in [0.15, 0.2) is 23.8 Å². The summed E-state index contributed by atoms with van der Waals surface area (Å²) in [5.41, 5.74) is 8.23. The van der Waals surface area contributed by atoms with Crippen molar-refractivity contribution in [2.45, 2.75) is 32.1 Å². The Kier molecular flexibility index (Phi) is 5.11. The van der Waals surface area contributed by atoms with E-state index in [0.717, 1.165) is 5.56 Å². The fourth-order valence-electron chi connectivity index (χ4n) is 2.64. The second-order valence-electron chi connectivity index (χ2n) is 4.92. The van der Waals surface area contributed by atoms with Gasteiger partial charge in [-0.05, 0) is 36.5 Å². The van der Waals surface area contributed by atoms with Crippen LogP contribution in [0.5, 0.6) is 0 Å². The highest BCUT2D eigenvalue weighted by Gasteiger charge is 2.17. The molecule has 0 spiro atoms. The van der Waals surface area contributed by atoms with Gasteiger partial charge in [0.2, 0.25) is 0 Å². The molecular weight excluding hydrogens is 265 g/mol. The first kappa shape index (κ1) is 13.9. The number of benzene rings is 1. The molecule has 0 bridgehead atoms. The van der Waals surface area contributed by atoms with Gasteiger partial charge in [0.05, 0.1) is 0 Å². The lowest BCUT2D eigenvalue weighted by Crippen LogP contribution is -2.16. The lowest BCUT2D eigenvalue weighted by Gasteiger charge is -2.24. The predicted octanol–water partition coefficient (Wildman–Crippen LogP) is 4.92. The van der Waals surface area contributed by atoms with Gasteiger partial charge in [-0.25, -0.2) is 0 Å². The zero-order valence-electron chi connectivity index (χ0n) is 10.5. The number of halogens is 2. The monoisotopic (exact) mass is 283 g/mol. The van der Waals surface area contributed by atoms with Gasteiger partial charge in [0.25, 0.3) is 0 Å². The largest absolute Gasteiger partial charge is 0.327 e. The standard InChI is InChI=1S/C15H19Cl2N/c16-14-7-6-12(15(17)9-14)8-13(10-18)11-4-2-1-3-5-11/h6-9,11H,1-5,10,18H2. The minimum Gasteiger partial charge on any atom is -0.327 e. The zero-order chi connectivity index (χ0) is 13.0. The van der Waals surface area contributed by atoms with Gasteiger partial charge in [-0.3, -0.25) is 0 Å². The van der Waals surface area contributed by atoms with Gasteiger partial charge in [-0.2, -0.15) is 0 Å². The van der Waals surface area contributed by atoms with Crippen molar-refractivity contribution in [2.24, 2.45) is 11.7 Å². The highest BCUT2D eigenvalue weighted by molar-refractivity contribution is 6.35. The van der Waals surface area contributed by atoms with Crippen molar-refractivity contribution in [3.05, 3.63) is 39.4 Å². The third-order valence-corrected chi connectivity index (χ3v) is 4.23. The Morgan fingerprint density at radius 1 is 1.22 bits per heavy atom. The van der Waals surface area contributed by atoms with Gasteiger partial charge in [0.15, 0.2) is 0 Å². The summed E-state index contributed by atoms with van der Waals surface area (Å²) in [7, 11) is 0. The Bertz CT molecular complexity index is 434. The molecule has 0 radical (unpaired) electrons. The van der Waals surface area contributed by atoms with E-state index in [1.807, 2.05) is 12.1 Å². The number of hydrogen-bond acceptors (Lipinski definition) is 1. The van der Waals surface area contributed by atoms with Crippen LogP contribution in [-0.4, -0.2) is 6.54 Å². The van der Waals surface area contributed by atoms with Gasteiger partial charge in [-0.1, -0.05) is 60.2 Å². The van der Waals surface area contributed by atoms with E-state index in [1.165, 1.54) is 37.7 Å². The fourth-order valence-corrected chi connectivity index (χ4v) is 3.10. The van der Waals surface area contributed by atoms with Gasteiger partial charge in [0, 0.05) is 16.6 Å². The minimum absolute atomic E-state index is 0.615. The average Bonchev–Trinajstić information content (AvgIpc) is 2.39. The number of nitrogens with two attached hydrogens (primary N) is 1. The molecule has 0 aromatic heterocycles. The maximum atomic E-state index is 6.20. The zero-order valence-corrected chi connectivity index (χ0v) is 12.0. The molecule has 1 nitrogen and oxygen atoms in total. The highest BCUT2D eigenvalue weighted by atomic mass is 35.5. The summed E-state index contributed by atoms with van der Waals surface area (Å²) in [4.78, 5) is 0. The minimum atomic E-state index is 0.615. The SMILES string of the molecule is NCC(=Cc1ccc(Cl)cc1Cl)C1CCCCC1. The summed E-state index contributed by atoms with van der Waals surface area (Å²) in [5.74, 6) is 0.635. The third kappa shape index (κ3) is 3.50. The van der Waals surface area contributed by atoms with E-state index < -0.39 is 0 Å². The summed E-state index contributed by atoms with van der Waals surface area (Å²) < 4.78 is 0. The topological polar surface area (TPSA) is 26.0 Å². The van der Waals surface area contributed by atoms with Gasteiger partial charge >= 0.3 is 0 Å². The Morgan fingerprint density at radius 3 is 2.56 bits per heavy atom. The molecule has 1 fully saturated rings. The van der Waals surface area contributed by atoms with Crippen LogP contribution in [0.3, 0.4) is 0 Å². The summed E-state index contributed by atoms with van der Waals surface area (Å²) >= 11 is 12.1. The van der Waals surface area contributed by atoms with E-state index in [1.54, 1.807) is 6.07 Å². The molecular formula is C15H19Cl2N. The van der Waals surface area contributed by atoms with Crippen molar-refractivity contribution in [1.82, 2.24) is 0 Å². The quantitative estimate of drug-likeness (QED) is 0.838. The molecule has 98 valence electrons. The van der Waals surface area contributed by atoms with E-state index >= 15 is 0 Å². The summed E-state index contributed by atoms with van der Waals surface area (Å²) in [6.45, 7) is 0.615. The molecule has 1 aromatic rings. The van der Waals surface area contributed by atoms with E-state index in [-0.39, 0.29) is 0 Å². The van der Waals surface area contributed by atoms with Crippen molar-refractivity contribution in [3.63, 3.8) is 0 Å². The summed E-state index contributed by atoms with van der Waals surface area (Å²) in [6, 6.07) is 5.61. The predicted molar refractivity (Wildman–Crippen MR) is 80.1 cm³/mol. The van der Waals surface area contributed by atoms with Crippen LogP contribution < -0.4 is 5.73 Å². The summed E-state index contributed by atoms with van der Waals surface area (Å²) in [5, 5.41) is 1.37. The van der Waals surface area contributed by atoms with Crippen molar-refractivity contribution in [1.29, 1.82) is 0 Å². The molecule has 0 aliphatic heterocycles. The molecule has 0 amide bonds. The lowest BCUT2D eigenvalue weighted by atomic mass is 9.83. The molecule has 2 N–H and O–H groups in total. The van der Waals surface area contributed by atoms with Crippen LogP contribution in [0.4, 0.5) is 0 Å². The van der Waals surface area contributed by atoms with Crippen LogP contribution in [0, 0.1) is 5.92 Å². The Balaban J connectivity index is 2.22. The Morgan fingerprint density at radius 2 is 1.94 bits per heavy atom. The van der Waals surface area contributed by atoms with E-state index in [0.29, 0.717) is 22.5 Å².